The summed E-state index contributed by atoms with van der Waals surface area (Å²) in [5, 5.41) is 11.7. The van der Waals surface area contributed by atoms with Gasteiger partial charge in [-0.2, -0.15) is 5.26 Å². The number of hydrogen-bond donors (Lipinski definition) is 2. The summed E-state index contributed by atoms with van der Waals surface area (Å²) in [5.41, 5.74) is 7.13. The fourth-order valence-corrected chi connectivity index (χ4v) is 1.57. The predicted octanol–water partition coefficient (Wildman–Crippen LogP) is 1.50. The van der Waals surface area contributed by atoms with Crippen molar-refractivity contribution in [2.45, 2.75) is 6.92 Å². The third-order valence-electron chi connectivity index (χ3n) is 2.40. The van der Waals surface area contributed by atoms with Crippen molar-refractivity contribution in [1.29, 1.82) is 5.26 Å². The largest absolute Gasteiger partial charge is 0.364 e. The third kappa shape index (κ3) is 2.84. The van der Waals surface area contributed by atoms with E-state index >= 15 is 0 Å². The first-order valence-electron chi connectivity index (χ1n) is 5.51. The molecule has 2 rings (SSSR count). The molecular formula is C13H11N5O. The second-order valence-corrected chi connectivity index (χ2v) is 3.92. The molecule has 0 fully saturated rings. The van der Waals surface area contributed by atoms with E-state index in [0.29, 0.717) is 0 Å². The molecule has 94 valence electrons. The first kappa shape index (κ1) is 12.5. The Bertz CT molecular complexity index is 675. The molecule has 0 atom stereocenters. The number of aromatic nitrogens is 2. The number of nitrogens with zero attached hydrogens (tertiary/aromatic N) is 3. The van der Waals surface area contributed by atoms with E-state index in [2.05, 4.69) is 15.3 Å². The lowest BCUT2D eigenvalue weighted by molar-refractivity contribution is 0.0996. The van der Waals surface area contributed by atoms with Gasteiger partial charge in [-0.15, -0.1) is 0 Å². The van der Waals surface area contributed by atoms with Gasteiger partial charge in [-0.05, 0) is 24.6 Å². The Morgan fingerprint density at radius 3 is 2.89 bits per heavy atom. The minimum atomic E-state index is -0.702. The fourth-order valence-electron chi connectivity index (χ4n) is 1.57. The molecule has 19 heavy (non-hydrogen) atoms. The van der Waals surface area contributed by atoms with Crippen LogP contribution in [-0.4, -0.2) is 15.9 Å². The summed E-state index contributed by atoms with van der Waals surface area (Å²) in [5.74, 6) is -0.524. The maximum absolute atomic E-state index is 11.3. The fraction of sp³-hybridized carbons (Fsp3) is 0.0769. The number of amides is 1. The lowest BCUT2D eigenvalue weighted by Crippen LogP contribution is -2.16. The Morgan fingerprint density at radius 1 is 1.47 bits per heavy atom. The van der Waals surface area contributed by atoms with Crippen molar-refractivity contribution in [3.05, 3.63) is 47.4 Å². The van der Waals surface area contributed by atoms with Gasteiger partial charge in [0.2, 0.25) is 0 Å². The summed E-state index contributed by atoms with van der Waals surface area (Å²) in [6.45, 7) is 1.94. The monoisotopic (exact) mass is 253 g/mol. The van der Waals surface area contributed by atoms with Crippen LogP contribution in [0.2, 0.25) is 0 Å². The van der Waals surface area contributed by atoms with Gasteiger partial charge in [0.05, 0.1) is 6.20 Å². The number of carbonyl (C=O) groups is 1. The van der Waals surface area contributed by atoms with E-state index in [-0.39, 0.29) is 17.2 Å². The molecule has 1 heterocycles. The van der Waals surface area contributed by atoms with Gasteiger partial charge in [-0.1, -0.05) is 12.1 Å². The van der Waals surface area contributed by atoms with E-state index in [4.69, 9.17) is 11.0 Å². The van der Waals surface area contributed by atoms with Crippen molar-refractivity contribution in [2.75, 3.05) is 5.32 Å². The van der Waals surface area contributed by atoms with Crippen LogP contribution in [0.15, 0.2) is 30.5 Å². The average Bonchev–Trinajstić information content (AvgIpc) is 2.38. The molecule has 3 N–H and O–H groups in total. The highest BCUT2D eigenvalue weighted by Crippen LogP contribution is 2.18. The SMILES string of the molecule is Cc1cccc(Nc2nc(C#N)cnc2C(N)=O)c1. The number of hydrogen-bond acceptors (Lipinski definition) is 5. The van der Waals surface area contributed by atoms with E-state index in [0.717, 1.165) is 11.3 Å². The van der Waals surface area contributed by atoms with Crippen LogP contribution in [0, 0.1) is 18.3 Å². The van der Waals surface area contributed by atoms with Crippen LogP contribution < -0.4 is 11.1 Å². The van der Waals surface area contributed by atoms with Gasteiger partial charge in [0, 0.05) is 5.69 Å². The van der Waals surface area contributed by atoms with Crippen molar-refractivity contribution in [3.8, 4) is 6.07 Å². The van der Waals surface area contributed by atoms with Gasteiger partial charge >= 0.3 is 0 Å². The molecule has 1 amide bonds. The molecule has 0 unspecified atom stereocenters. The maximum atomic E-state index is 11.3. The molecule has 0 aliphatic rings. The van der Waals surface area contributed by atoms with E-state index in [1.54, 1.807) is 0 Å². The summed E-state index contributed by atoms with van der Waals surface area (Å²) in [6, 6.07) is 9.37. The maximum Gasteiger partial charge on any atom is 0.271 e. The van der Waals surface area contributed by atoms with Gasteiger partial charge in [0.15, 0.2) is 17.2 Å². The second kappa shape index (κ2) is 5.14. The summed E-state index contributed by atoms with van der Waals surface area (Å²) < 4.78 is 0. The number of nitrogens with one attached hydrogen (secondary N) is 1. The van der Waals surface area contributed by atoms with Crippen LogP contribution in [0.5, 0.6) is 0 Å². The van der Waals surface area contributed by atoms with Crippen molar-refractivity contribution in [1.82, 2.24) is 9.97 Å². The van der Waals surface area contributed by atoms with Crippen LogP contribution >= 0.6 is 0 Å². The van der Waals surface area contributed by atoms with E-state index in [9.17, 15) is 4.79 Å². The van der Waals surface area contributed by atoms with Crippen molar-refractivity contribution < 1.29 is 4.79 Å². The van der Waals surface area contributed by atoms with Crippen LogP contribution in [0.1, 0.15) is 21.7 Å². The first-order chi connectivity index (χ1) is 9.10. The molecule has 0 bridgehead atoms. The highest BCUT2D eigenvalue weighted by Gasteiger charge is 2.13. The zero-order chi connectivity index (χ0) is 13.8. The molecule has 0 aliphatic carbocycles. The molecule has 2 aromatic rings. The zero-order valence-electron chi connectivity index (χ0n) is 10.2. The molecule has 0 radical (unpaired) electrons. The number of aryl methyl sites for hydroxylation is 1. The lowest BCUT2D eigenvalue weighted by Gasteiger charge is -2.09. The minimum Gasteiger partial charge on any atom is -0.364 e. The van der Waals surface area contributed by atoms with Crippen LogP contribution in [0.4, 0.5) is 11.5 Å². The Morgan fingerprint density at radius 2 is 2.26 bits per heavy atom. The van der Waals surface area contributed by atoms with Crippen LogP contribution in [-0.2, 0) is 0 Å². The van der Waals surface area contributed by atoms with Crippen LogP contribution in [0.25, 0.3) is 0 Å². The minimum absolute atomic E-state index is 0.000469. The summed E-state index contributed by atoms with van der Waals surface area (Å²) >= 11 is 0. The number of benzene rings is 1. The smallest absolute Gasteiger partial charge is 0.271 e. The van der Waals surface area contributed by atoms with Gasteiger partial charge in [-0.25, -0.2) is 9.97 Å². The number of carbonyl (C=O) groups excluding carboxylic acids is 1. The Hall–Kier alpha value is -2.94. The molecule has 0 spiro atoms. The molecule has 1 aromatic carbocycles. The standard InChI is InChI=1S/C13H11N5O/c1-8-3-2-4-9(5-8)17-13-11(12(15)19)16-7-10(6-14)18-13/h2-5,7H,1H3,(H2,15,19)(H,17,18). The van der Waals surface area contributed by atoms with Gasteiger partial charge in [-0.3, -0.25) is 4.79 Å². The molecule has 6 heteroatoms. The van der Waals surface area contributed by atoms with Crippen molar-refractivity contribution in [2.24, 2.45) is 5.73 Å². The molecule has 0 saturated heterocycles. The average molecular weight is 253 g/mol. The highest BCUT2D eigenvalue weighted by atomic mass is 16.1. The van der Waals surface area contributed by atoms with Gasteiger partial charge in [0.25, 0.3) is 5.91 Å². The van der Waals surface area contributed by atoms with E-state index < -0.39 is 5.91 Å². The predicted molar refractivity (Wildman–Crippen MR) is 69.7 cm³/mol. The topological polar surface area (TPSA) is 105 Å². The highest BCUT2D eigenvalue weighted by molar-refractivity contribution is 5.96. The zero-order valence-corrected chi connectivity index (χ0v) is 10.2. The number of nitriles is 1. The molecule has 1 aromatic heterocycles. The molecule has 6 nitrogen and oxygen atoms in total. The Labute approximate surface area is 109 Å². The van der Waals surface area contributed by atoms with Gasteiger partial charge < -0.3 is 11.1 Å². The van der Waals surface area contributed by atoms with E-state index in [1.807, 2.05) is 37.3 Å². The normalized spacial score (nSPS) is 9.68. The van der Waals surface area contributed by atoms with E-state index in [1.165, 1.54) is 6.20 Å². The summed E-state index contributed by atoms with van der Waals surface area (Å²) in [4.78, 5) is 19.1. The molecule has 0 aliphatic heterocycles. The summed E-state index contributed by atoms with van der Waals surface area (Å²) in [7, 11) is 0. The Balaban J connectivity index is 2.43. The molecular weight excluding hydrogens is 242 g/mol. The van der Waals surface area contributed by atoms with Crippen molar-refractivity contribution >= 4 is 17.4 Å². The first-order valence-corrected chi connectivity index (χ1v) is 5.51. The second-order valence-electron chi connectivity index (χ2n) is 3.92. The number of nitrogens with two attached hydrogens (primary N) is 1. The molecule has 0 saturated carbocycles. The quantitative estimate of drug-likeness (QED) is 0.862. The third-order valence-corrected chi connectivity index (χ3v) is 2.40. The number of primary amides is 1. The number of rotatable bonds is 3. The van der Waals surface area contributed by atoms with Crippen molar-refractivity contribution in [3.63, 3.8) is 0 Å². The van der Waals surface area contributed by atoms with Crippen LogP contribution in [0.3, 0.4) is 0 Å². The lowest BCUT2D eigenvalue weighted by atomic mass is 10.2. The number of anilines is 2. The van der Waals surface area contributed by atoms with Gasteiger partial charge in [0.1, 0.15) is 6.07 Å². The summed E-state index contributed by atoms with van der Waals surface area (Å²) in [6.07, 6.45) is 1.21. The Kier molecular flexibility index (Phi) is 3.39.